The Kier molecular flexibility index (Phi) is 6.59. The smallest absolute Gasteiger partial charge is 0.344 e. The maximum atomic E-state index is 13.5. The molecule has 0 aliphatic heterocycles. The Hall–Kier alpha value is -2.80. The van der Waals surface area contributed by atoms with Crippen molar-refractivity contribution in [2.45, 2.75) is 0 Å². The lowest BCUT2D eigenvalue weighted by Gasteiger charge is -2.09. The highest BCUT2D eigenvalue weighted by molar-refractivity contribution is 6.30. The van der Waals surface area contributed by atoms with Crippen LogP contribution in [0, 0.1) is 5.82 Å². The molecule has 0 unspecified atom stereocenters. The van der Waals surface area contributed by atoms with Crippen LogP contribution in [0.1, 0.15) is 0 Å². The summed E-state index contributed by atoms with van der Waals surface area (Å²) in [7, 11) is 1.54. The van der Waals surface area contributed by atoms with E-state index in [2.05, 4.69) is 5.32 Å². The molecular weight excluding hydrogens is 353 g/mol. The number of anilines is 1. The van der Waals surface area contributed by atoms with Gasteiger partial charge in [-0.3, -0.25) is 4.79 Å². The summed E-state index contributed by atoms with van der Waals surface area (Å²) in [6, 6.07) is 10.4. The van der Waals surface area contributed by atoms with Crippen molar-refractivity contribution in [3.05, 3.63) is 53.3 Å². The highest BCUT2D eigenvalue weighted by Crippen LogP contribution is 2.19. The molecule has 0 aliphatic rings. The topological polar surface area (TPSA) is 73.9 Å². The quantitative estimate of drug-likeness (QED) is 0.761. The minimum Gasteiger partial charge on any atom is -0.497 e. The molecule has 0 atom stereocenters. The number of amides is 1. The number of halogens is 2. The van der Waals surface area contributed by atoms with Gasteiger partial charge in [0.1, 0.15) is 17.3 Å². The van der Waals surface area contributed by atoms with E-state index in [1.165, 1.54) is 19.2 Å². The van der Waals surface area contributed by atoms with E-state index in [9.17, 15) is 14.0 Å². The van der Waals surface area contributed by atoms with Gasteiger partial charge >= 0.3 is 5.97 Å². The number of hydrogen-bond acceptors (Lipinski definition) is 5. The molecule has 25 heavy (non-hydrogen) atoms. The van der Waals surface area contributed by atoms with Gasteiger partial charge in [-0.25, -0.2) is 9.18 Å². The number of methoxy groups -OCH3 is 1. The fraction of sp³-hybridized carbons (Fsp3) is 0.176. The second kappa shape index (κ2) is 8.89. The number of nitrogens with one attached hydrogen (secondary N) is 1. The van der Waals surface area contributed by atoms with Gasteiger partial charge in [-0.15, -0.1) is 0 Å². The molecule has 0 saturated heterocycles. The lowest BCUT2D eigenvalue weighted by molar-refractivity contribution is -0.149. The van der Waals surface area contributed by atoms with Crippen LogP contribution in [0.4, 0.5) is 10.1 Å². The van der Waals surface area contributed by atoms with Crippen LogP contribution in [0.3, 0.4) is 0 Å². The average Bonchev–Trinajstić information content (AvgIpc) is 2.61. The molecule has 0 aromatic heterocycles. The number of esters is 1. The van der Waals surface area contributed by atoms with Crippen molar-refractivity contribution in [2.24, 2.45) is 0 Å². The molecule has 1 amide bonds. The Morgan fingerprint density at radius 3 is 2.40 bits per heavy atom. The van der Waals surface area contributed by atoms with Gasteiger partial charge in [0.2, 0.25) is 0 Å². The number of rotatable bonds is 7. The normalized spacial score (nSPS) is 10.0. The maximum absolute atomic E-state index is 13.5. The van der Waals surface area contributed by atoms with Crippen molar-refractivity contribution in [2.75, 3.05) is 25.6 Å². The molecule has 0 spiro atoms. The van der Waals surface area contributed by atoms with Crippen LogP contribution >= 0.6 is 11.6 Å². The molecule has 132 valence electrons. The molecule has 2 aromatic rings. The van der Waals surface area contributed by atoms with E-state index < -0.39 is 24.3 Å². The first-order chi connectivity index (χ1) is 12.0. The standard InChI is InChI=1S/C17H15ClFNO5/c1-23-12-3-5-13(6-4-12)24-10-17(22)25-9-16(21)20-15-7-2-11(18)8-14(15)19/h2-8H,9-10H2,1H3,(H,20,21). The summed E-state index contributed by atoms with van der Waals surface area (Å²) >= 11 is 5.62. The Balaban J connectivity index is 1.74. The predicted octanol–water partition coefficient (Wildman–Crippen LogP) is 3.05. The van der Waals surface area contributed by atoms with Crippen LogP contribution in [-0.2, 0) is 14.3 Å². The summed E-state index contributed by atoms with van der Waals surface area (Å²) in [6.45, 7) is -0.929. The first-order valence-corrected chi connectivity index (χ1v) is 7.53. The molecule has 8 heteroatoms. The van der Waals surface area contributed by atoms with Gasteiger partial charge in [0.25, 0.3) is 5.91 Å². The Labute approximate surface area is 148 Å². The van der Waals surface area contributed by atoms with Crippen LogP contribution in [0.5, 0.6) is 11.5 Å². The average molecular weight is 368 g/mol. The zero-order valence-corrected chi connectivity index (χ0v) is 14.0. The van der Waals surface area contributed by atoms with Gasteiger partial charge in [0, 0.05) is 5.02 Å². The van der Waals surface area contributed by atoms with Crippen LogP contribution < -0.4 is 14.8 Å². The van der Waals surface area contributed by atoms with Gasteiger partial charge < -0.3 is 19.5 Å². The van der Waals surface area contributed by atoms with E-state index in [0.29, 0.717) is 11.5 Å². The zero-order chi connectivity index (χ0) is 18.2. The number of hydrogen-bond donors (Lipinski definition) is 1. The van der Waals surface area contributed by atoms with Gasteiger partial charge in [-0.2, -0.15) is 0 Å². The Morgan fingerprint density at radius 2 is 1.76 bits per heavy atom. The number of carbonyl (C=O) groups excluding carboxylic acids is 2. The number of ether oxygens (including phenoxy) is 3. The molecule has 0 saturated carbocycles. The van der Waals surface area contributed by atoms with Gasteiger partial charge in [0.05, 0.1) is 12.8 Å². The first-order valence-electron chi connectivity index (χ1n) is 7.15. The summed E-state index contributed by atoms with van der Waals surface area (Å²) in [6.07, 6.45) is 0. The molecule has 2 aromatic carbocycles. The van der Waals surface area contributed by atoms with E-state index in [1.807, 2.05) is 0 Å². The molecule has 0 aliphatic carbocycles. The maximum Gasteiger partial charge on any atom is 0.344 e. The second-order valence-electron chi connectivity index (χ2n) is 4.80. The summed E-state index contributed by atoms with van der Waals surface area (Å²) in [4.78, 5) is 23.2. The first kappa shape index (κ1) is 18.5. The monoisotopic (exact) mass is 367 g/mol. The Morgan fingerprint density at radius 1 is 1.08 bits per heavy atom. The minimum atomic E-state index is -0.734. The van der Waals surface area contributed by atoms with Crippen molar-refractivity contribution < 1.29 is 28.2 Å². The van der Waals surface area contributed by atoms with Crippen molar-refractivity contribution >= 4 is 29.2 Å². The van der Waals surface area contributed by atoms with Crippen molar-refractivity contribution in [1.29, 1.82) is 0 Å². The van der Waals surface area contributed by atoms with Crippen molar-refractivity contribution in [1.82, 2.24) is 0 Å². The Bertz CT molecular complexity index is 751. The number of benzene rings is 2. The summed E-state index contributed by atoms with van der Waals surface area (Å²) in [5.74, 6) is -0.997. The van der Waals surface area contributed by atoms with Gasteiger partial charge in [-0.1, -0.05) is 11.6 Å². The molecule has 0 bridgehead atoms. The largest absolute Gasteiger partial charge is 0.497 e. The van der Waals surface area contributed by atoms with Gasteiger partial charge in [-0.05, 0) is 42.5 Å². The fourth-order valence-electron chi connectivity index (χ4n) is 1.78. The van der Waals surface area contributed by atoms with E-state index in [0.717, 1.165) is 6.07 Å². The molecule has 6 nitrogen and oxygen atoms in total. The summed E-state index contributed by atoms with van der Waals surface area (Å²) in [5.41, 5.74) is -0.0556. The highest BCUT2D eigenvalue weighted by Gasteiger charge is 2.11. The lowest BCUT2D eigenvalue weighted by atomic mass is 10.3. The third-order valence-electron chi connectivity index (χ3n) is 2.99. The number of carbonyl (C=O) groups is 2. The van der Waals surface area contributed by atoms with E-state index >= 15 is 0 Å². The van der Waals surface area contributed by atoms with Crippen LogP contribution in [0.15, 0.2) is 42.5 Å². The van der Waals surface area contributed by atoms with E-state index in [-0.39, 0.29) is 17.3 Å². The third-order valence-corrected chi connectivity index (χ3v) is 3.22. The van der Waals surface area contributed by atoms with E-state index in [1.54, 1.807) is 24.3 Å². The minimum absolute atomic E-state index is 0.0556. The summed E-state index contributed by atoms with van der Waals surface area (Å²) in [5, 5.41) is 2.48. The molecule has 2 rings (SSSR count). The third kappa shape index (κ3) is 5.96. The molecule has 1 N–H and O–H groups in total. The second-order valence-corrected chi connectivity index (χ2v) is 5.23. The molecule has 0 fully saturated rings. The SMILES string of the molecule is COc1ccc(OCC(=O)OCC(=O)Nc2ccc(Cl)cc2F)cc1. The van der Waals surface area contributed by atoms with Crippen LogP contribution in [-0.4, -0.2) is 32.2 Å². The highest BCUT2D eigenvalue weighted by atomic mass is 35.5. The molecule has 0 heterocycles. The lowest BCUT2D eigenvalue weighted by Crippen LogP contribution is -2.24. The zero-order valence-electron chi connectivity index (χ0n) is 13.3. The predicted molar refractivity (Wildman–Crippen MR) is 89.5 cm³/mol. The fourth-order valence-corrected chi connectivity index (χ4v) is 1.94. The molecule has 0 radical (unpaired) electrons. The van der Waals surface area contributed by atoms with Crippen LogP contribution in [0.25, 0.3) is 0 Å². The van der Waals surface area contributed by atoms with Crippen molar-refractivity contribution in [3.63, 3.8) is 0 Å². The summed E-state index contributed by atoms with van der Waals surface area (Å²) < 4.78 is 28.5. The van der Waals surface area contributed by atoms with Crippen molar-refractivity contribution in [3.8, 4) is 11.5 Å². The van der Waals surface area contributed by atoms with Gasteiger partial charge in [0.15, 0.2) is 13.2 Å². The van der Waals surface area contributed by atoms with E-state index in [4.69, 9.17) is 25.8 Å². The van der Waals surface area contributed by atoms with Crippen LogP contribution in [0.2, 0.25) is 5.02 Å². The molecular formula is C17H15ClFNO5.